The Morgan fingerprint density at radius 1 is 1.27 bits per heavy atom. The van der Waals surface area contributed by atoms with E-state index in [2.05, 4.69) is 10.2 Å². The molecule has 9 heteroatoms. The van der Waals surface area contributed by atoms with Gasteiger partial charge in [0.15, 0.2) is 5.75 Å². The number of benzene rings is 1. The van der Waals surface area contributed by atoms with Gasteiger partial charge in [-0.05, 0) is 18.4 Å². The van der Waals surface area contributed by atoms with Crippen LogP contribution < -0.4 is 9.04 Å². The van der Waals surface area contributed by atoms with Crippen molar-refractivity contribution in [2.24, 2.45) is 0 Å². The maximum atomic E-state index is 12.2. The Kier molecular flexibility index (Phi) is 5.15. The first-order valence-electron chi connectivity index (χ1n) is 6.09. The summed E-state index contributed by atoms with van der Waals surface area (Å²) in [4.78, 5) is 0. The lowest BCUT2D eigenvalue weighted by atomic mass is 10.3. The molecule has 1 aromatic heterocycles. The van der Waals surface area contributed by atoms with Crippen molar-refractivity contribution in [3.05, 3.63) is 35.4 Å². The molecule has 0 N–H and O–H groups in total. The summed E-state index contributed by atoms with van der Waals surface area (Å²) < 4.78 is 30.8. The number of para-hydroxylation sites is 1. The molecule has 2 rings (SSSR count). The van der Waals surface area contributed by atoms with Crippen LogP contribution in [0.3, 0.4) is 0 Å². The molecule has 0 radical (unpaired) electrons. The summed E-state index contributed by atoms with van der Waals surface area (Å²) in [6.07, 6.45) is 2.91. The lowest BCUT2D eigenvalue weighted by Gasteiger charge is -2.23. The second kappa shape index (κ2) is 6.72. The van der Waals surface area contributed by atoms with Crippen LogP contribution >= 0.6 is 23.4 Å². The summed E-state index contributed by atoms with van der Waals surface area (Å²) in [7, 11) is -2.24. The van der Waals surface area contributed by atoms with Crippen LogP contribution in [0.1, 0.15) is 0 Å². The first-order chi connectivity index (χ1) is 10.4. The minimum atomic E-state index is -3.69. The van der Waals surface area contributed by atoms with Gasteiger partial charge >= 0.3 is 0 Å². The second-order valence-corrected chi connectivity index (χ2v) is 7.32. The zero-order chi connectivity index (χ0) is 16.3. The van der Waals surface area contributed by atoms with Gasteiger partial charge in [0.1, 0.15) is 5.03 Å². The molecule has 118 valence electrons. The van der Waals surface area contributed by atoms with E-state index in [1.54, 1.807) is 30.3 Å². The Labute approximate surface area is 138 Å². The number of nitrogens with zero attached hydrogens (tertiary/aromatic N) is 3. The van der Waals surface area contributed by atoms with Gasteiger partial charge in [0.2, 0.25) is 15.8 Å². The molecule has 1 aromatic carbocycles. The van der Waals surface area contributed by atoms with Crippen LogP contribution in [0.25, 0.3) is 0 Å². The predicted molar refractivity (Wildman–Crippen MR) is 88.8 cm³/mol. The highest BCUT2D eigenvalue weighted by Gasteiger charge is 2.27. The summed E-state index contributed by atoms with van der Waals surface area (Å²) in [6, 6.07) is 8.22. The van der Waals surface area contributed by atoms with Crippen molar-refractivity contribution in [3.63, 3.8) is 0 Å². The van der Waals surface area contributed by atoms with Crippen molar-refractivity contribution in [1.29, 1.82) is 0 Å². The normalized spacial score (nSPS) is 11.3. The second-order valence-electron chi connectivity index (χ2n) is 4.26. The zero-order valence-corrected chi connectivity index (χ0v) is 14.5. The van der Waals surface area contributed by atoms with Gasteiger partial charge in [-0.25, -0.2) is 12.7 Å². The number of ether oxygens (including phenoxy) is 1. The van der Waals surface area contributed by atoms with Crippen molar-refractivity contribution < 1.29 is 13.2 Å². The number of anilines is 2. The summed E-state index contributed by atoms with van der Waals surface area (Å²) in [6.45, 7) is 0. The summed E-state index contributed by atoms with van der Waals surface area (Å²) in [5.74, 6) is 0.362. The molecule has 0 fully saturated rings. The molecule has 0 atom stereocenters. The lowest BCUT2D eigenvalue weighted by Crippen LogP contribution is -2.26. The SMILES string of the molecule is COc1cc(SC)nnc1N(c1ccccc1Cl)S(C)(=O)=O. The lowest BCUT2D eigenvalue weighted by molar-refractivity contribution is 0.411. The van der Waals surface area contributed by atoms with E-state index in [0.29, 0.717) is 10.8 Å². The van der Waals surface area contributed by atoms with Gasteiger partial charge in [0, 0.05) is 6.07 Å². The van der Waals surface area contributed by atoms with Crippen molar-refractivity contribution in [2.75, 3.05) is 23.9 Å². The Hall–Kier alpha value is -1.51. The molecule has 0 unspecified atom stereocenters. The summed E-state index contributed by atoms with van der Waals surface area (Å²) in [5.41, 5.74) is 0.288. The van der Waals surface area contributed by atoms with Crippen molar-refractivity contribution >= 4 is 44.9 Å². The maximum Gasteiger partial charge on any atom is 0.238 e. The minimum Gasteiger partial charge on any atom is -0.493 e. The van der Waals surface area contributed by atoms with E-state index in [1.165, 1.54) is 18.9 Å². The van der Waals surface area contributed by atoms with Crippen LogP contribution in [-0.4, -0.2) is 38.2 Å². The number of sulfonamides is 1. The number of halogens is 1. The highest BCUT2D eigenvalue weighted by Crippen LogP contribution is 2.38. The van der Waals surface area contributed by atoms with Crippen molar-refractivity contribution in [3.8, 4) is 5.75 Å². The fraction of sp³-hybridized carbons (Fsp3) is 0.231. The van der Waals surface area contributed by atoms with Crippen LogP contribution in [0.15, 0.2) is 35.4 Å². The highest BCUT2D eigenvalue weighted by molar-refractivity contribution is 7.98. The maximum absolute atomic E-state index is 12.2. The van der Waals surface area contributed by atoms with E-state index in [1.807, 2.05) is 6.26 Å². The van der Waals surface area contributed by atoms with E-state index < -0.39 is 10.0 Å². The molecule has 22 heavy (non-hydrogen) atoms. The summed E-state index contributed by atoms with van der Waals surface area (Å²) >= 11 is 7.51. The number of aromatic nitrogens is 2. The standard InChI is InChI=1S/C13H14ClN3O3S2/c1-20-11-8-12(21-2)15-16-13(11)17(22(3,18)19)10-7-5-4-6-9(10)14/h4-8H,1-3H3. The average molecular weight is 360 g/mol. The summed E-state index contributed by atoms with van der Waals surface area (Å²) in [5, 5.41) is 8.88. The van der Waals surface area contributed by atoms with Gasteiger partial charge in [-0.1, -0.05) is 23.7 Å². The van der Waals surface area contributed by atoms with Crippen LogP contribution in [0.5, 0.6) is 5.75 Å². The van der Waals surface area contributed by atoms with Crippen LogP contribution in [0, 0.1) is 0 Å². The average Bonchev–Trinajstić information content (AvgIpc) is 2.48. The molecule has 0 spiro atoms. The van der Waals surface area contributed by atoms with Gasteiger partial charge in [0.25, 0.3) is 0 Å². The van der Waals surface area contributed by atoms with Crippen LogP contribution in [0.4, 0.5) is 11.5 Å². The van der Waals surface area contributed by atoms with Crippen LogP contribution in [0.2, 0.25) is 5.02 Å². The van der Waals surface area contributed by atoms with E-state index in [0.717, 1.165) is 10.6 Å². The highest BCUT2D eigenvalue weighted by atomic mass is 35.5. The fourth-order valence-electron chi connectivity index (χ4n) is 1.81. The first kappa shape index (κ1) is 16.9. The molecular weight excluding hydrogens is 346 g/mol. The smallest absolute Gasteiger partial charge is 0.238 e. The number of methoxy groups -OCH3 is 1. The number of hydrogen-bond donors (Lipinski definition) is 0. The van der Waals surface area contributed by atoms with Gasteiger partial charge in [-0.15, -0.1) is 22.0 Å². The van der Waals surface area contributed by atoms with Crippen LogP contribution in [-0.2, 0) is 10.0 Å². The Morgan fingerprint density at radius 3 is 2.50 bits per heavy atom. The molecule has 0 saturated carbocycles. The Bertz CT molecular complexity index is 784. The first-order valence-corrected chi connectivity index (χ1v) is 9.54. The molecule has 0 aliphatic carbocycles. The van der Waals surface area contributed by atoms with Gasteiger partial charge in [-0.3, -0.25) is 0 Å². The monoisotopic (exact) mass is 359 g/mol. The Balaban J connectivity index is 2.69. The van der Waals surface area contributed by atoms with E-state index >= 15 is 0 Å². The Morgan fingerprint density at radius 2 is 1.95 bits per heavy atom. The minimum absolute atomic E-state index is 0.0656. The third-order valence-corrected chi connectivity index (χ3v) is 4.71. The molecule has 1 heterocycles. The zero-order valence-electron chi connectivity index (χ0n) is 12.1. The molecule has 0 bridgehead atoms. The number of hydrogen-bond acceptors (Lipinski definition) is 6. The number of thioether (sulfide) groups is 1. The molecule has 0 saturated heterocycles. The molecule has 0 aliphatic rings. The molecule has 2 aromatic rings. The topological polar surface area (TPSA) is 72.4 Å². The molecular formula is C13H14ClN3O3S2. The van der Waals surface area contributed by atoms with Gasteiger partial charge in [-0.2, -0.15) is 0 Å². The quantitative estimate of drug-likeness (QED) is 0.764. The van der Waals surface area contributed by atoms with Crippen molar-refractivity contribution in [1.82, 2.24) is 10.2 Å². The van der Waals surface area contributed by atoms with Gasteiger partial charge < -0.3 is 4.74 Å². The third kappa shape index (κ3) is 3.45. The largest absolute Gasteiger partial charge is 0.493 e. The predicted octanol–water partition coefficient (Wildman–Crippen LogP) is 2.96. The van der Waals surface area contributed by atoms with E-state index in [9.17, 15) is 8.42 Å². The molecule has 6 nitrogen and oxygen atoms in total. The fourth-order valence-corrected chi connectivity index (χ4v) is 3.38. The molecule has 0 amide bonds. The third-order valence-electron chi connectivity index (χ3n) is 2.74. The van der Waals surface area contributed by atoms with Gasteiger partial charge in [0.05, 0.1) is 24.1 Å². The van der Waals surface area contributed by atoms with E-state index in [-0.39, 0.29) is 16.5 Å². The number of rotatable bonds is 5. The van der Waals surface area contributed by atoms with E-state index in [4.69, 9.17) is 16.3 Å². The van der Waals surface area contributed by atoms with Crippen molar-refractivity contribution in [2.45, 2.75) is 5.03 Å². The molecule has 0 aliphatic heterocycles.